The van der Waals surface area contributed by atoms with E-state index in [1.54, 1.807) is 11.3 Å². The molecular formula is C16H29N3S. The number of rotatable bonds is 6. The molecule has 1 aromatic heterocycles. The van der Waals surface area contributed by atoms with Gasteiger partial charge in [-0.1, -0.05) is 33.1 Å². The molecular weight excluding hydrogens is 266 g/mol. The van der Waals surface area contributed by atoms with Crippen LogP contribution < -0.4 is 5.32 Å². The molecule has 1 N–H and O–H groups in total. The fourth-order valence-corrected chi connectivity index (χ4v) is 3.43. The van der Waals surface area contributed by atoms with Gasteiger partial charge in [0.1, 0.15) is 5.01 Å². The van der Waals surface area contributed by atoms with Crippen molar-refractivity contribution in [3.05, 3.63) is 16.1 Å². The Morgan fingerprint density at radius 3 is 2.60 bits per heavy atom. The second kappa shape index (κ2) is 8.75. The summed E-state index contributed by atoms with van der Waals surface area (Å²) in [7, 11) is 0. The highest BCUT2D eigenvalue weighted by molar-refractivity contribution is 7.09. The van der Waals surface area contributed by atoms with Crippen molar-refractivity contribution in [2.24, 2.45) is 5.92 Å². The number of hydrogen-bond donors (Lipinski definition) is 1. The molecule has 2 rings (SSSR count). The Hall–Kier alpha value is -0.450. The lowest BCUT2D eigenvalue weighted by atomic mass is 10.1. The Balaban J connectivity index is 1.76. The predicted octanol–water partition coefficient (Wildman–Crippen LogP) is 3.65. The zero-order valence-electron chi connectivity index (χ0n) is 13.0. The standard InChI is InChI=1S/C16H29N3S/c1-14(2)10-17-11-16-18-15(13-20-16)12-19-8-6-4-3-5-7-9-19/h13-14,17H,3-12H2,1-2H3. The number of likely N-dealkylation sites (tertiary alicyclic amines) is 1. The largest absolute Gasteiger partial charge is 0.310 e. The van der Waals surface area contributed by atoms with Crippen LogP contribution in [0.1, 0.15) is 56.7 Å². The van der Waals surface area contributed by atoms with Crippen LogP contribution in [0.15, 0.2) is 5.38 Å². The normalized spacial score (nSPS) is 18.1. The van der Waals surface area contributed by atoms with E-state index in [4.69, 9.17) is 4.98 Å². The lowest BCUT2D eigenvalue weighted by Gasteiger charge is -2.23. The van der Waals surface area contributed by atoms with Crippen molar-refractivity contribution in [3.8, 4) is 0 Å². The Kier molecular flexibility index (Phi) is 6.97. The van der Waals surface area contributed by atoms with Gasteiger partial charge in [0.25, 0.3) is 0 Å². The summed E-state index contributed by atoms with van der Waals surface area (Å²) in [5.41, 5.74) is 1.26. The highest BCUT2D eigenvalue weighted by atomic mass is 32.1. The number of hydrogen-bond acceptors (Lipinski definition) is 4. The van der Waals surface area contributed by atoms with Crippen LogP contribution in [0, 0.1) is 5.92 Å². The van der Waals surface area contributed by atoms with Crippen molar-refractivity contribution in [2.45, 2.75) is 59.0 Å². The molecule has 0 saturated carbocycles. The van der Waals surface area contributed by atoms with Gasteiger partial charge in [0, 0.05) is 18.5 Å². The summed E-state index contributed by atoms with van der Waals surface area (Å²) in [5, 5.41) is 6.94. The first-order chi connectivity index (χ1) is 9.74. The van der Waals surface area contributed by atoms with E-state index in [0.29, 0.717) is 5.92 Å². The van der Waals surface area contributed by atoms with E-state index in [0.717, 1.165) is 19.6 Å². The van der Waals surface area contributed by atoms with Gasteiger partial charge in [0.2, 0.25) is 0 Å². The van der Waals surface area contributed by atoms with E-state index in [1.165, 1.54) is 55.9 Å². The molecule has 0 aliphatic carbocycles. The van der Waals surface area contributed by atoms with Gasteiger partial charge in [-0.2, -0.15) is 0 Å². The van der Waals surface area contributed by atoms with Gasteiger partial charge in [0.05, 0.1) is 5.69 Å². The maximum atomic E-state index is 4.77. The first-order valence-electron chi connectivity index (χ1n) is 8.10. The Bertz CT molecular complexity index is 368. The number of thiazole rings is 1. The van der Waals surface area contributed by atoms with Gasteiger partial charge >= 0.3 is 0 Å². The molecule has 1 aliphatic rings. The topological polar surface area (TPSA) is 28.2 Å². The molecule has 20 heavy (non-hydrogen) atoms. The summed E-state index contributed by atoms with van der Waals surface area (Å²) in [6.45, 7) is 10.0. The quantitative estimate of drug-likeness (QED) is 0.868. The minimum Gasteiger partial charge on any atom is -0.310 e. The highest BCUT2D eigenvalue weighted by Crippen LogP contribution is 2.15. The molecule has 1 aromatic rings. The van der Waals surface area contributed by atoms with Crippen LogP contribution in [0.3, 0.4) is 0 Å². The van der Waals surface area contributed by atoms with Crippen LogP contribution in [0.4, 0.5) is 0 Å². The van der Waals surface area contributed by atoms with E-state index in [9.17, 15) is 0 Å². The van der Waals surface area contributed by atoms with Crippen molar-refractivity contribution in [1.82, 2.24) is 15.2 Å². The van der Waals surface area contributed by atoms with E-state index < -0.39 is 0 Å². The van der Waals surface area contributed by atoms with Gasteiger partial charge in [-0.25, -0.2) is 4.98 Å². The van der Waals surface area contributed by atoms with E-state index in [-0.39, 0.29) is 0 Å². The van der Waals surface area contributed by atoms with Crippen LogP contribution in [0.25, 0.3) is 0 Å². The van der Waals surface area contributed by atoms with Crippen molar-refractivity contribution in [3.63, 3.8) is 0 Å². The Morgan fingerprint density at radius 2 is 1.90 bits per heavy atom. The van der Waals surface area contributed by atoms with Crippen LogP contribution in [-0.4, -0.2) is 29.5 Å². The van der Waals surface area contributed by atoms with E-state index in [1.807, 2.05) is 0 Å². The van der Waals surface area contributed by atoms with Crippen LogP contribution in [-0.2, 0) is 13.1 Å². The number of nitrogens with zero attached hydrogens (tertiary/aromatic N) is 2. The number of aromatic nitrogens is 1. The van der Waals surface area contributed by atoms with Crippen molar-refractivity contribution in [2.75, 3.05) is 19.6 Å². The van der Waals surface area contributed by atoms with Gasteiger partial charge in [-0.3, -0.25) is 4.90 Å². The third-order valence-electron chi connectivity index (χ3n) is 3.76. The van der Waals surface area contributed by atoms with Gasteiger partial charge in [0.15, 0.2) is 0 Å². The molecule has 0 radical (unpaired) electrons. The molecule has 2 heterocycles. The zero-order chi connectivity index (χ0) is 14.2. The van der Waals surface area contributed by atoms with Crippen LogP contribution in [0.5, 0.6) is 0 Å². The van der Waals surface area contributed by atoms with E-state index in [2.05, 4.69) is 29.4 Å². The molecule has 0 atom stereocenters. The summed E-state index contributed by atoms with van der Waals surface area (Å²) in [6, 6.07) is 0. The van der Waals surface area contributed by atoms with Gasteiger partial charge in [-0.05, 0) is 38.4 Å². The maximum absolute atomic E-state index is 4.77. The van der Waals surface area contributed by atoms with Crippen LogP contribution >= 0.6 is 11.3 Å². The molecule has 1 fully saturated rings. The summed E-state index contributed by atoms with van der Waals surface area (Å²) in [5.74, 6) is 0.704. The smallest absolute Gasteiger partial charge is 0.107 e. The molecule has 114 valence electrons. The zero-order valence-corrected chi connectivity index (χ0v) is 13.8. The lowest BCUT2D eigenvalue weighted by molar-refractivity contribution is 0.237. The molecule has 0 unspecified atom stereocenters. The average Bonchev–Trinajstić information content (AvgIpc) is 2.80. The SMILES string of the molecule is CC(C)CNCc1nc(CN2CCCCCCC2)cs1. The van der Waals surface area contributed by atoms with Crippen LogP contribution in [0.2, 0.25) is 0 Å². The van der Waals surface area contributed by atoms with E-state index >= 15 is 0 Å². The van der Waals surface area contributed by atoms with Crippen molar-refractivity contribution < 1.29 is 0 Å². The molecule has 0 bridgehead atoms. The minimum absolute atomic E-state index is 0.704. The first-order valence-corrected chi connectivity index (χ1v) is 8.98. The predicted molar refractivity (Wildman–Crippen MR) is 87.0 cm³/mol. The summed E-state index contributed by atoms with van der Waals surface area (Å²) in [6.07, 6.45) is 6.94. The lowest BCUT2D eigenvalue weighted by Crippen LogP contribution is -2.27. The van der Waals surface area contributed by atoms with Gasteiger partial charge < -0.3 is 5.32 Å². The Morgan fingerprint density at radius 1 is 1.20 bits per heavy atom. The highest BCUT2D eigenvalue weighted by Gasteiger charge is 2.10. The molecule has 1 saturated heterocycles. The molecule has 3 nitrogen and oxygen atoms in total. The summed E-state index contributed by atoms with van der Waals surface area (Å²) < 4.78 is 0. The monoisotopic (exact) mass is 295 g/mol. The maximum Gasteiger partial charge on any atom is 0.107 e. The fraction of sp³-hybridized carbons (Fsp3) is 0.812. The van der Waals surface area contributed by atoms with Crippen molar-refractivity contribution in [1.29, 1.82) is 0 Å². The second-order valence-corrected chi connectivity index (χ2v) is 7.24. The van der Waals surface area contributed by atoms with Gasteiger partial charge in [-0.15, -0.1) is 11.3 Å². The molecule has 1 aliphatic heterocycles. The average molecular weight is 295 g/mol. The molecule has 0 amide bonds. The molecule has 0 spiro atoms. The second-order valence-electron chi connectivity index (χ2n) is 6.30. The fourth-order valence-electron chi connectivity index (χ4n) is 2.67. The molecule has 4 heteroatoms. The Labute approximate surface area is 127 Å². The number of nitrogens with one attached hydrogen (secondary N) is 1. The third-order valence-corrected chi connectivity index (χ3v) is 4.66. The molecule has 0 aromatic carbocycles. The summed E-state index contributed by atoms with van der Waals surface area (Å²) >= 11 is 1.80. The van der Waals surface area contributed by atoms with Crippen molar-refractivity contribution >= 4 is 11.3 Å². The first kappa shape index (κ1) is 15.9. The third kappa shape index (κ3) is 5.90. The minimum atomic E-state index is 0.704. The summed E-state index contributed by atoms with van der Waals surface area (Å²) in [4.78, 5) is 7.35.